The van der Waals surface area contributed by atoms with Crippen LogP contribution in [0.15, 0.2) is 36.5 Å². The molecule has 13 heteroatoms. The predicted octanol–water partition coefficient (Wildman–Crippen LogP) is 5.56. The van der Waals surface area contributed by atoms with Gasteiger partial charge >= 0.3 is 12.4 Å². The highest BCUT2D eigenvalue weighted by molar-refractivity contribution is 6.31. The van der Waals surface area contributed by atoms with E-state index in [-0.39, 0.29) is 36.6 Å². The molecule has 36 heavy (non-hydrogen) atoms. The van der Waals surface area contributed by atoms with E-state index in [1.54, 1.807) is 19.0 Å². The number of halogens is 7. The van der Waals surface area contributed by atoms with Crippen molar-refractivity contribution in [3.8, 4) is 0 Å². The van der Waals surface area contributed by atoms with Crippen molar-refractivity contribution in [3.05, 3.63) is 69.5 Å². The first-order valence-electron chi connectivity index (χ1n) is 10.8. The molecule has 1 unspecified atom stereocenters. The van der Waals surface area contributed by atoms with Gasteiger partial charge in [-0.25, -0.2) is 9.97 Å². The summed E-state index contributed by atoms with van der Waals surface area (Å²) >= 11 is 5.98. The second-order valence-electron chi connectivity index (χ2n) is 8.50. The molecule has 3 aromatic rings. The van der Waals surface area contributed by atoms with Gasteiger partial charge in [0.15, 0.2) is 0 Å². The van der Waals surface area contributed by atoms with Crippen LogP contribution in [0.3, 0.4) is 0 Å². The maximum absolute atomic E-state index is 13.9. The lowest BCUT2D eigenvalue weighted by Gasteiger charge is -2.33. The van der Waals surface area contributed by atoms with Crippen LogP contribution in [0.4, 0.5) is 43.9 Å². The van der Waals surface area contributed by atoms with Crippen molar-refractivity contribution < 1.29 is 26.3 Å². The summed E-state index contributed by atoms with van der Waals surface area (Å²) in [6.07, 6.45) is -7.91. The van der Waals surface area contributed by atoms with E-state index in [1.807, 2.05) is 0 Å². The number of hydrogen-bond acceptors (Lipinski definition) is 6. The van der Waals surface area contributed by atoms with Crippen LogP contribution in [0.1, 0.15) is 34.0 Å². The molecule has 0 radical (unpaired) electrons. The number of rotatable bonds is 3. The second-order valence-corrected chi connectivity index (χ2v) is 8.91. The zero-order valence-corrected chi connectivity index (χ0v) is 19.9. The number of nitrogens with zero attached hydrogens (tertiary/aromatic N) is 5. The number of anilines is 3. The molecule has 0 bridgehead atoms. The third kappa shape index (κ3) is 4.99. The maximum Gasteiger partial charge on any atom is 0.419 e. The van der Waals surface area contributed by atoms with E-state index in [4.69, 9.17) is 17.3 Å². The van der Waals surface area contributed by atoms with Gasteiger partial charge in [-0.2, -0.15) is 31.3 Å². The van der Waals surface area contributed by atoms with E-state index in [0.717, 1.165) is 18.2 Å². The quantitative estimate of drug-likeness (QED) is 0.447. The number of alkyl halides is 6. The molecule has 2 aromatic heterocycles. The first-order chi connectivity index (χ1) is 16.8. The van der Waals surface area contributed by atoms with Gasteiger partial charge in [0.1, 0.15) is 11.6 Å². The molecule has 192 valence electrons. The van der Waals surface area contributed by atoms with Crippen LogP contribution >= 0.6 is 11.6 Å². The number of hydrogen-bond donors (Lipinski definition) is 1. The molecule has 1 aromatic carbocycles. The van der Waals surface area contributed by atoms with Crippen molar-refractivity contribution in [2.75, 3.05) is 36.2 Å². The summed E-state index contributed by atoms with van der Waals surface area (Å²) in [5.41, 5.74) is 5.50. The Morgan fingerprint density at radius 1 is 1.03 bits per heavy atom. The lowest BCUT2D eigenvalue weighted by Crippen LogP contribution is -2.33. The van der Waals surface area contributed by atoms with Gasteiger partial charge in [0.25, 0.3) is 0 Å². The summed E-state index contributed by atoms with van der Waals surface area (Å²) in [5.74, 6) is 0.141. The minimum Gasteiger partial charge on any atom is -0.383 e. The molecule has 0 spiro atoms. The molecule has 2 N–H and O–H groups in total. The van der Waals surface area contributed by atoms with Gasteiger partial charge in [-0.15, -0.1) is 0 Å². The van der Waals surface area contributed by atoms with Gasteiger partial charge in [0, 0.05) is 38.8 Å². The van der Waals surface area contributed by atoms with Crippen LogP contribution in [0, 0.1) is 0 Å². The normalized spacial score (nSPS) is 16.5. The fraction of sp³-hybridized carbons (Fsp3) is 0.348. The van der Waals surface area contributed by atoms with Gasteiger partial charge in [0.05, 0.1) is 27.9 Å². The Balaban J connectivity index is 1.90. The lowest BCUT2D eigenvalue weighted by molar-refractivity contribution is -0.138. The molecule has 1 atom stereocenters. The smallest absolute Gasteiger partial charge is 0.383 e. The first-order valence-corrected chi connectivity index (χ1v) is 11.1. The number of nitrogens with two attached hydrogens (primary N) is 1. The highest BCUT2D eigenvalue weighted by Gasteiger charge is 2.39. The number of nitrogen functional groups attached to an aromatic ring is 1. The summed E-state index contributed by atoms with van der Waals surface area (Å²) in [6.45, 7) is 0.0330. The van der Waals surface area contributed by atoms with Crippen molar-refractivity contribution in [3.63, 3.8) is 0 Å². The molecular weight excluding hydrogens is 510 g/mol. The molecule has 0 saturated carbocycles. The molecule has 0 saturated heterocycles. The number of fused-ring (bicyclic) bond motifs is 1. The first kappa shape index (κ1) is 25.8. The van der Waals surface area contributed by atoms with E-state index < -0.39 is 34.5 Å². The van der Waals surface area contributed by atoms with Crippen molar-refractivity contribution in [2.24, 2.45) is 0 Å². The fourth-order valence-electron chi connectivity index (χ4n) is 4.23. The van der Waals surface area contributed by atoms with Gasteiger partial charge in [-0.05, 0) is 36.2 Å². The molecule has 0 amide bonds. The molecule has 0 aliphatic carbocycles. The Bertz CT molecular complexity index is 1280. The SMILES string of the molecule is CN(C)c1nc(N)c2c(n1)CC(c1ccc(C(F)(F)F)c(Cl)c1)N(c1ncccc1C(F)(F)F)CC2. The van der Waals surface area contributed by atoms with Crippen molar-refractivity contribution in [1.29, 1.82) is 0 Å². The summed E-state index contributed by atoms with van der Waals surface area (Å²) in [7, 11) is 3.42. The van der Waals surface area contributed by atoms with E-state index in [1.165, 1.54) is 23.2 Å². The standard InChI is InChI=1S/C23H21ClF6N6/c1-35(2)21-33-17-11-18(12-5-6-14(16(24)10-12)22(25,26)27)36(9-7-13(17)19(31)34-21)20-15(23(28,29)30)4-3-8-32-20/h3-6,8,10,18H,7,9,11H2,1-2H3,(H2,31,33,34). The molecular formula is C23H21ClF6N6. The number of aromatic nitrogens is 3. The average Bonchev–Trinajstić information content (AvgIpc) is 2.97. The maximum atomic E-state index is 13.9. The van der Waals surface area contributed by atoms with Crippen molar-refractivity contribution in [1.82, 2.24) is 15.0 Å². The molecule has 1 aliphatic heterocycles. The highest BCUT2D eigenvalue weighted by Crippen LogP contribution is 2.42. The van der Waals surface area contributed by atoms with Gasteiger partial charge in [-0.3, -0.25) is 0 Å². The Labute approximate surface area is 207 Å². The minimum absolute atomic E-state index is 0.0330. The summed E-state index contributed by atoms with van der Waals surface area (Å²) in [6, 6.07) is 4.38. The van der Waals surface area contributed by atoms with E-state index in [0.29, 0.717) is 17.2 Å². The molecule has 0 fully saturated rings. The van der Waals surface area contributed by atoms with Crippen LogP contribution in [0.2, 0.25) is 5.02 Å². The topological polar surface area (TPSA) is 71.2 Å². The monoisotopic (exact) mass is 530 g/mol. The van der Waals surface area contributed by atoms with Gasteiger partial charge < -0.3 is 15.5 Å². The average molecular weight is 531 g/mol. The molecule has 3 heterocycles. The van der Waals surface area contributed by atoms with Crippen molar-refractivity contribution >= 4 is 29.2 Å². The van der Waals surface area contributed by atoms with Crippen molar-refractivity contribution in [2.45, 2.75) is 31.2 Å². The van der Waals surface area contributed by atoms with Crippen LogP contribution in [-0.4, -0.2) is 35.6 Å². The van der Waals surface area contributed by atoms with Crippen LogP contribution in [0.25, 0.3) is 0 Å². The van der Waals surface area contributed by atoms with E-state index >= 15 is 0 Å². The van der Waals surface area contributed by atoms with E-state index in [2.05, 4.69) is 15.0 Å². The summed E-state index contributed by atoms with van der Waals surface area (Å²) in [4.78, 5) is 15.9. The molecule has 6 nitrogen and oxygen atoms in total. The Kier molecular flexibility index (Phi) is 6.67. The Morgan fingerprint density at radius 3 is 2.33 bits per heavy atom. The largest absolute Gasteiger partial charge is 0.419 e. The van der Waals surface area contributed by atoms with Gasteiger partial charge in [0.2, 0.25) is 5.95 Å². The molecule has 4 rings (SSSR count). The third-order valence-electron chi connectivity index (χ3n) is 5.93. The third-order valence-corrected chi connectivity index (χ3v) is 6.24. The van der Waals surface area contributed by atoms with Crippen LogP contribution in [-0.2, 0) is 25.2 Å². The number of pyridine rings is 1. The Morgan fingerprint density at radius 2 is 1.72 bits per heavy atom. The van der Waals surface area contributed by atoms with Gasteiger partial charge in [-0.1, -0.05) is 17.7 Å². The van der Waals surface area contributed by atoms with E-state index in [9.17, 15) is 26.3 Å². The Hall–Kier alpha value is -3.28. The minimum atomic E-state index is -4.71. The second kappa shape index (κ2) is 9.30. The molecule has 1 aliphatic rings. The number of benzene rings is 1. The van der Waals surface area contributed by atoms with Crippen LogP contribution in [0.5, 0.6) is 0 Å². The zero-order valence-electron chi connectivity index (χ0n) is 19.1. The van der Waals surface area contributed by atoms with Crippen LogP contribution < -0.4 is 15.5 Å². The summed E-state index contributed by atoms with van der Waals surface area (Å²) < 4.78 is 81.6. The predicted molar refractivity (Wildman–Crippen MR) is 124 cm³/mol. The highest BCUT2D eigenvalue weighted by atomic mass is 35.5. The lowest BCUT2D eigenvalue weighted by atomic mass is 9.98. The summed E-state index contributed by atoms with van der Waals surface area (Å²) in [5, 5.41) is -0.558. The zero-order chi connectivity index (χ0) is 26.4. The fourth-order valence-corrected chi connectivity index (χ4v) is 4.52.